The number of aromatic amines is 1. The summed E-state index contributed by atoms with van der Waals surface area (Å²) in [5.74, 6) is 0. The summed E-state index contributed by atoms with van der Waals surface area (Å²) in [5.41, 5.74) is 0.849. The third kappa shape index (κ3) is 2.81. The highest BCUT2D eigenvalue weighted by Gasteiger charge is 2.15. The second kappa shape index (κ2) is 4.52. The van der Waals surface area contributed by atoms with Gasteiger partial charge in [-0.25, -0.2) is 8.42 Å². The van der Waals surface area contributed by atoms with Gasteiger partial charge in [0.25, 0.3) is 0 Å². The Morgan fingerprint density at radius 1 is 1.44 bits per heavy atom. The van der Waals surface area contributed by atoms with Gasteiger partial charge in [-0.1, -0.05) is 0 Å². The molecule has 0 spiro atoms. The summed E-state index contributed by atoms with van der Waals surface area (Å²) in [4.78, 5) is 2.26. The number of hydrogen-bond donors (Lipinski definition) is 2. The zero-order valence-corrected chi connectivity index (χ0v) is 10.0. The van der Waals surface area contributed by atoms with E-state index in [1.807, 2.05) is 0 Å². The Morgan fingerprint density at radius 2 is 2.12 bits per heavy atom. The van der Waals surface area contributed by atoms with Crippen molar-refractivity contribution < 1.29 is 8.42 Å². The Labute approximate surface area is 94.9 Å². The van der Waals surface area contributed by atoms with E-state index in [1.165, 1.54) is 0 Å². The zero-order valence-electron chi connectivity index (χ0n) is 9.23. The second-order valence-corrected chi connectivity index (χ2v) is 5.99. The minimum absolute atomic E-state index is 0.123. The van der Waals surface area contributed by atoms with Crippen LogP contribution in [0.2, 0.25) is 0 Å². The monoisotopic (exact) mass is 244 g/mol. The van der Waals surface area contributed by atoms with Crippen molar-refractivity contribution in [3.8, 4) is 0 Å². The van der Waals surface area contributed by atoms with Gasteiger partial charge in [0, 0.05) is 39.0 Å². The van der Waals surface area contributed by atoms with Crippen LogP contribution >= 0.6 is 0 Å². The molecule has 0 aromatic carbocycles. The Morgan fingerprint density at radius 3 is 2.69 bits per heavy atom. The lowest BCUT2D eigenvalue weighted by Crippen LogP contribution is -2.42. The third-order valence-corrected chi connectivity index (χ3v) is 3.56. The summed E-state index contributed by atoms with van der Waals surface area (Å²) in [6.45, 7) is 4.64. The van der Waals surface area contributed by atoms with Gasteiger partial charge in [0.05, 0.1) is 5.69 Å². The van der Waals surface area contributed by atoms with Gasteiger partial charge >= 0.3 is 0 Å². The van der Waals surface area contributed by atoms with Gasteiger partial charge in [0.2, 0.25) is 0 Å². The lowest BCUT2D eigenvalue weighted by molar-refractivity contribution is 0.230. The van der Waals surface area contributed by atoms with Gasteiger partial charge in [-0.2, -0.15) is 5.10 Å². The molecule has 1 saturated heterocycles. The minimum atomic E-state index is -3.20. The first-order valence-corrected chi connectivity index (χ1v) is 7.12. The lowest BCUT2D eigenvalue weighted by Gasteiger charge is -2.26. The first kappa shape index (κ1) is 11.6. The number of sulfone groups is 1. The molecule has 0 saturated carbocycles. The maximum atomic E-state index is 11.2. The molecule has 16 heavy (non-hydrogen) atoms. The summed E-state index contributed by atoms with van der Waals surface area (Å²) in [6.07, 6.45) is 1.16. The largest absolute Gasteiger partial charge is 0.314 e. The van der Waals surface area contributed by atoms with Crippen LogP contribution in [0.15, 0.2) is 11.1 Å². The summed E-state index contributed by atoms with van der Waals surface area (Å²) >= 11 is 0. The topological polar surface area (TPSA) is 78.1 Å². The SMILES string of the molecule is CS(=O)(=O)c1cc(CN2CCNCC2)[nH]n1. The van der Waals surface area contributed by atoms with Crippen LogP contribution in [-0.4, -0.2) is 55.9 Å². The van der Waals surface area contributed by atoms with E-state index < -0.39 is 9.84 Å². The highest BCUT2D eigenvalue weighted by molar-refractivity contribution is 7.90. The lowest BCUT2D eigenvalue weighted by atomic mass is 10.3. The molecule has 0 atom stereocenters. The predicted octanol–water partition coefficient (Wildman–Crippen LogP) is -0.782. The molecule has 2 heterocycles. The number of nitrogens with one attached hydrogen (secondary N) is 2. The van der Waals surface area contributed by atoms with E-state index in [9.17, 15) is 8.42 Å². The molecule has 1 aromatic rings. The van der Waals surface area contributed by atoms with Crippen LogP contribution in [0.1, 0.15) is 5.69 Å². The molecule has 6 nitrogen and oxygen atoms in total. The van der Waals surface area contributed by atoms with Crippen molar-refractivity contribution in [2.75, 3.05) is 32.4 Å². The van der Waals surface area contributed by atoms with Crippen LogP contribution in [-0.2, 0) is 16.4 Å². The van der Waals surface area contributed by atoms with Gasteiger partial charge in [0.15, 0.2) is 14.9 Å². The molecule has 1 aromatic heterocycles. The molecule has 7 heteroatoms. The molecule has 2 N–H and O–H groups in total. The normalized spacial score (nSPS) is 18.8. The van der Waals surface area contributed by atoms with Crippen LogP contribution < -0.4 is 5.32 Å². The van der Waals surface area contributed by atoms with Gasteiger partial charge in [-0.3, -0.25) is 10.00 Å². The highest BCUT2D eigenvalue weighted by atomic mass is 32.2. The molecule has 0 amide bonds. The van der Waals surface area contributed by atoms with Gasteiger partial charge in [0.1, 0.15) is 0 Å². The number of aromatic nitrogens is 2. The number of hydrogen-bond acceptors (Lipinski definition) is 5. The van der Waals surface area contributed by atoms with E-state index in [0.717, 1.165) is 44.7 Å². The fourth-order valence-corrected chi connectivity index (χ4v) is 2.29. The van der Waals surface area contributed by atoms with E-state index in [2.05, 4.69) is 20.4 Å². The Kier molecular flexibility index (Phi) is 3.27. The molecule has 0 radical (unpaired) electrons. The van der Waals surface area contributed by atoms with Crippen molar-refractivity contribution in [3.05, 3.63) is 11.8 Å². The molecule has 1 fully saturated rings. The quantitative estimate of drug-likeness (QED) is 0.729. The van der Waals surface area contributed by atoms with Gasteiger partial charge in [-0.15, -0.1) is 0 Å². The average Bonchev–Trinajstić information content (AvgIpc) is 2.67. The molecule has 2 rings (SSSR count). The summed E-state index contributed by atoms with van der Waals surface area (Å²) in [6, 6.07) is 1.61. The first-order valence-electron chi connectivity index (χ1n) is 5.23. The van der Waals surface area contributed by atoms with E-state index >= 15 is 0 Å². The van der Waals surface area contributed by atoms with Crippen molar-refractivity contribution in [2.24, 2.45) is 0 Å². The fourth-order valence-electron chi connectivity index (χ4n) is 1.72. The smallest absolute Gasteiger partial charge is 0.194 e. The molecular formula is C9H16N4O2S. The molecule has 90 valence electrons. The fraction of sp³-hybridized carbons (Fsp3) is 0.667. The second-order valence-electron chi connectivity index (χ2n) is 4.03. The highest BCUT2D eigenvalue weighted by Crippen LogP contribution is 2.09. The maximum Gasteiger partial charge on any atom is 0.194 e. The molecular weight excluding hydrogens is 228 g/mol. The predicted molar refractivity (Wildman–Crippen MR) is 59.8 cm³/mol. The van der Waals surface area contributed by atoms with Crippen LogP contribution in [0, 0.1) is 0 Å². The maximum absolute atomic E-state index is 11.2. The summed E-state index contributed by atoms with van der Waals surface area (Å²) < 4.78 is 22.5. The molecule has 1 aliphatic heterocycles. The summed E-state index contributed by atoms with van der Waals surface area (Å²) in [5, 5.41) is 9.96. The van der Waals surface area contributed by atoms with Crippen LogP contribution in [0.3, 0.4) is 0 Å². The number of rotatable bonds is 3. The molecule has 0 bridgehead atoms. The van der Waals surface area contributed by atoms with E-state index in [0.29, 0.717) is 0 Å². The Hall–Kier alpha value is -0.920. The Balaban J connectivity index is 2.02. The molecule has 1 aliphatic rings. The first-order chi connectivity index (χ1) is 7.55. The standard InChI is InChI=1S/C9H16N4O2S/c1-16(14,15)9-6-8(11-12-9)7-13-4-2-10-3-5-13/h6,10H,2-5,7H2,1H3,(H,11,12). The number of H-pyrrole nitrogens is 1. The van der Waals surface area contributed by atoms with Crippen LogP contribution in [0.4, 0.5) is 0 Å². The van der Waals surface area contributed by atoms with E-state index in [1.54, 1.807) is 6.07 Å². The zero-order chi connectivity index (χ0) is 11.6. The van der Waals surface area contributed by atoms with E-state index in [-0.39, 0.29) is 5.03 Å². The van der Waals surface area contributed by atoms with Crippen molar-refractivity contribution >= 4 is 9.84 Å². The van der Waals surface area contributed by atoms with Crippen LogP contribution in [0.5, 0.6) is 0 Å². The van der Waals surface area contributed by atoms with Crippen LogP contribution in [0.25, 0.3) is 0 Å². The van der Waals surface area contributed by atoms with Crippen molar-refractivity contribution in [1.29, 1.82) is 0 Å². The Bertz CT molecular complexity index is 448. The minimum Gasteiger partial charge on any atom is -0.314 e. The van der Waals surface area contributed by atoms with Crippen molar-refractivity contribution in [3.63, 3.8) is 0 Å². The van der Waals surface area contributed by atoms with Crippen molar-refractivity contribution in [1.82, 2.24) is 20.4 Å². The molecule has 0 unspecified atom stereocenters. The third-order valence-electron chi connectivity index (χ3n) is 2.59. The van der Waals surface area contributed by atoms with E-state index in [4.69, 9.17) is 0 Å². The molecule has 0 aliphatic carbocycles. The van der Waals surface area contributed by atoms with Gasteiger partial charge in [-0.05, 0) is 6.07 Å². The average molecular weight is 244 g/mol. The number of piperazine rings is 1. The number of nitrogens with zero attached hydrogens (tertiary/aromatic N) is 2. The van der Waals surface area contributed by atoms with Gasteiger partial charge < -0.3 is 5.32 Å². The van der Waals surface area contributed by atoms with Crippen molar-refractivity contribution in [2.45, 2.75) is 11.6 Å². The summed E-state index contributed by atoms with van der Waals surface area (Å²) in [7, 11) is -3.20.